The van der Waals surface area contributed by atoms with Gasteiger partial charge in [-0.2, -0.15) is 0 Å². The van der Waals surface area contributed by atoms with Crippen molar-refractivity contribution in [1.82, 2.24) is 10.2 Å². The Bertz CT molecular complexity index is 584. The quantitative estimate of drug-likeness (QED) is 0.931. The number of aromatic nitrogens is 2. The van der Waals surface area contributed by atoms with E-state index in [4.69, 9.17) is 4.42 Å². The summed E-state index contributed by atoms with van der Waals surface area (Å²) in [4.78, 5) is 11.8. The normalized spacial score (nSPS) is 10.9. The highest BCUT2D eigenvalue weighted by molar-refractivity contribution is 9.10. The molecule has 0 aromatic carbocycles. The van der Waals surface area contributed by atoms with Crippen molar-refractivity contribution in [3.8, 4) is 0 Å². The third kappa shape index (κ3) is 2.72. The molecule has 5 nitrogen and oxygen atoms in total. The summed E-state index contributed by atoms with van der Waals surface area (Å²) in [5.74, 6) is -0.467. The highest BCUT2D eigenvalue weighted by atomic mass is 79.9. The number of hydrogen-bond acceptors (Lipinski definition) is 5. The lowest BCUT2D eigenvalue weighted by Gasteiger charge is -1.98. The summed E-state index contributed by atoms with van der Waals surface area (Å²) in [5.41, 5.74) is 0.623. The van der Waals surface area contributed by atoms with E-state index in [-0.39, 0.29) is 10.9 Å². The monoisotopic (exact) mass is 337 g/mol. The number of nitrogens with zero attached hydrogens (tertiary/aromatic N) is 2. The van der Waals surface area contributed by atoms with Crippen LogP contribution in [0.4, 0.5) is 13.9 Å². The van der Waals surface area contributed by atoms with Crippen LogP contribution in [0.1, 0.15) is 27.6 Å². The highest BCUT2D eigenvalue weighted by Gasteiger charge is 2.19. The summed E-state index contributed by atoms with van der Waals surface area (Å²) in [6.07, 6.45) is -2.70. The maximum atomic E-state index is 12.3. The van der Waals surface area contributed by atoms with Gasteiger partial charge in [-0.3, -0.25) is 10.1 Å². The number of anilines is 1. The SMILES string of the molecule is Cc1cc(Br)oc1C(=O)Nc1nnc(C(F)F)s1. The minimum absolute atomic E-state index is 0.00206. The first-order chi connectivity index (χ1) is 8.47. The minimum Gasteiger partial charge on any atom is -0.444 e. The van der Waals surface area contributed by atoms with Crippen LogP contribution in [0, 0.1) is 6.92 Å². The van der Waals surface area contributed by atoms with E-state index in [1.807, 2.05) is 0 Å². The van der Waals surface area contributed by atoms with Crippen molar-refractivity contribution >= 4 is 38.3 Å². The van der Waals surface area contributed by atoms with Gasteiger partial charge < -0.3 is 4.42 Å². The number of carbonyl (C=O) groups excluding carboxylic acids is 1. The molecule has 0 unspecified atom stereocenters. The number of aryl methyl sites for hydroxylation is 1. The molecule has 2 heterocycles. The fourth-order valence-electron chi connectivity index (χ4n) is 1.20. The number of nitrogens with one attached hydrogen (secondary N) is 1. The number of rotatable bonds is 3. The van der Waals surface area contributed by atoms with Crippen molar-refractivity contribution in [2.24, 2.45) is 0 Å². The molecule has 96 valence electrons. The van der Waals surface area contributed by atoms with E-state index in [1.54, 1.807) is 13.0 Å². The van der Waals surface area contributed by atoms with Crippen LogP contribution in [0.25, 0.3) is 0 Å². The third-order valence-electron chi connectivity index (χ3n) is 1.94. The number of amides is 1. The molecule has 0 atom stereocenters. The fourth-order valence-corrected chi connectivity index (χ4v) is 2.30. The Hall–Kier alpha value is -1.35. The van der Waals surface area contributed by atoms with Gasteiger partial charge in [-0.05, 0) is 28.9 Å². The first kappa shape index (κ1) is 13.1. The van der Waals surface area contributed by atoms with Gasteiger partial charge in [0, 0.05) is 5.56 Å². The zero-order valence-corrected chi connectivity index (χ0v) is 11.3. The van der Waals surface area contributed by atoms with Gasteiger partial charge in [-0.15, -0.1) is 10.2 Å². The van der Waals surface area contributed by atoms with Crippen molar-refractivity contribution in [2.45, 2.75) is 13.3 Å². The summed E-state index contributed by atoms with van der Waals surface area (Å²) in [6, 6.07) is 1.62. The van der Waals surface area contributed by atoms with Crippen LogP contribution >= 0.6 is 27.3 Å². The first-order valence-electron chi connectivity index (χ1n) is 4.66. The average molecular weight is 338 g/mol. The smallest absolute Gasteiger partial charge is 0.293 e. The topological polar surface area (TPSA) is 68.0 Å². The number of halogens is 3. The average Bonchev–Trinajstić information content (AvgIpc) is 2.85. The van der Waals surface area contributed by atoms with Crippen LogP contribution in [0.5, 0.6) is 0 Å². The summed E-state index contributed by atoms with van der Waals surface area (Å²) < 4.78 is 30.1. The van der Waals surface area contributed by atoms with Crippen molar-refractivity contribution in [3.05, 3.63) is 27.1 Å². The molecule has 0 aliphatic rings. The summed E-state index contributed by atoms with van der Waals surface area (Å²) in [5, 5.41) is 8.60. The van der Waals surface area contributed by atoms with E-state index in [2.05, 4.69) is 31.4 Å². The Morgan fingerprint density at radius 1 is 1.56 bits per heavy atom. The molecule has 0 saturated carbocycles. The summed E-state index contributed by atoms with van der Waals surface area (Å²) in [7, 11) is 0. The van der Waals surface area contributed by atoms with Gasteiger partial charge in [-0.25, -0.2) is 8.78 Å². The number of hydrogen-bond donors (Lipinski definition) is 1. The second-order valence-electron chi connectivity index (χ2n) is 3.26. The largest absolute Gasteiger partial charge is 0.444 e. The second kappa shape index (κ2) is 5.11. The first-order valence-corrected chi connectivity index (χ1v) is 6.27. The standard InChI is InChI=1S/C9H6BrF2N3O2S/c1-3-2-4(10)17-5(3)7(16)13-9-15-14-8(18-9)6(11)12/h2,6H,1H3,(H,13,15,16). The molecule has 0 radical (unpaired) electrons. The predicted octanol–water partition coefficient (Wildman–Crippen LogP) is 3.39. The molecule has 0 saturated heterocycles. The molecule has 18 heavy (non-hydrogen) atoms. The Morgan fingerprint density at radius 3 is 2.78 bits per heavy atom. The number of carbonyl (C=O) groups is 1. The fraction of sp³-hybridized carbons (Fsp3) is 0.222. The number of alkyl halides is 2. The Balaban J connectivity index is 2.13. The maximum Gasteiger partial charge on any atom is 0.293 e. The number of furan rings is 1. The third-order valence-corrected chi connectivity index (χ3v) is 3.18. The lowest BCUT2D eigenvalue weighted by molar-refractivity contribution is 0.0994. The van der Waals surface area contributed by atoms with Gasteiger partial charge in [0.1, 0.15) is 0 Å². The van der Waals surface area contributed by atoms with E-state index >= 15 is 0 Å². The molecule has 0 fully saturated rings. The highest BCUT2D eigenvalue weighted by Crippen LogP contribution is 2.26. The molecule has 1 amide bonds. The van der Waals surface area contributed by atoms with Gasteiger partial charge >= 0.3 is 0 Å². The van der Waals surface area contributed by atoms with Gasteiger partial charge in [0.15, 0.2) is 15.4 Å². The molecular formula is C9H6BrF2N3O2S. The molecular weight excluding hydrogens is 332 g/mol. The molecule has 0 aliphatic heterocycles. The summed E-state index contributed by atoms with van der Waals surface area (Å²) in [6.45, 7) is 1.69. The molecule has 1 N–H and O–H groups in total. The van der Waals surface area contributed by atoms with Crippen molar-refractivity contribution < 1.29 is 18.0 Å². The van der Waals surface area contributed by atoms with Crippen molar-refractivity contribution in [3.63, 3.8) is 0 Å². The summed E-state index contributed by atoms with van der Waals surface area (Å²) >= 11 is 3.71. The Morgan fingerprint density at radius 2 is 2.28 bits per heavy atom. The van der Waals surface area contributed by atoms with Gasteiger partial charge in [-0.1, -0.05) is 11.3 Å². The zero-order chi connectivity index (χ0) is 13.3. The second-order valence-corrected chi connectivity index (χ2v) is 5.05. The van der Waals surface area contributed by atoms with Gasteiger partial charge in [0.2, 0.25) is 5.13 Å². The van der Waals surface area contributed by atoms with Crippen molar-refractivity contribution in [1.29, 1.82) is 0 Å². The lowest BCUT2D eigenvalue weighted by atomic mass is 10.3. The van der Waals surface area contributed by atoms with E-state index in [1.165, 1.54) is 0 Å². The predicted molar refractivity (Wildman–Crippen MR) is 64.0 cm³/mol. The molecule has 9 heteroatoms. The molecule has 0 bridgehead atoms. The van der Waals surface area contributed by atoms with Crippen LogP contribution in [-0.4, -0.2) is 16.1 Å². The molecule has 2 aromatic heterocycles. The maximum absolute atomic E-state index is 12.3. The van der Waals surface area contributed by atoms with Crippen molar-refractivity contribution in [2.75, 3.05) is 5.32 Å². The van der Waals surface area contributed by atoms with Crippen LogP contribution in [0.15, 0.2) is 15.2 Å². The molecule has 0 spiro atoms. The van der Waals surface area contributed by atoms with E-state index < -0.39 is 17.3 Å². The molecule has 2 rings (SSSR count). The van der Waals surface area contributed by atoms with E-state index in [9.17, 15) is 13.6 Å². The van der Waals surface area contributed by atoms with E-state index in [0.717, 1.165) is 0 Å². The van der Waals surface area contributed by atoms with Crippen LogP contribution < -0.4 is 5.32 Å². The van der Waals surface area contributed by atoms with Gasteiger partial charge in [0.25, 0.3) is 12.3 Å². The van der Waals surface area contributed by atoms with Gasteiger partial charge in [0.05, 0.1) is 0 Å². The van der Waals surface area contributed by atoms with Crippen LogP contribution in [0.2, 0.25) is 0 Å². The Kier molecular flexibility index (Phi) is 3.71. The Labute approximate surface area is 112 Å². The minimum atomic E-state index is -2.70. The van der Waals surface area contributed by atoms with E-state index in [0.29, 0.717) is 21.6 Å². The lowest BCUT2D eigenvalue weighted by Crippen LogP contribution is -2.11. The van der Waals surface area contributed by atoms with Crippen LogP contribution in [-0.2, 0) is 0 Å². The van der Waals surface area contributed by atoms with Crippen LogP contribution in [0.3, 0.4) is 0 Å². The molecule has 0 aliphatic carbocycles. The zero-order valence-electron chi connectivity index (χ0n) is 8.91. The molecule has 2 aromatic rings.